The largest absolute Gasteiger partial charge is 0.497 e. The lowest BCUT2D eigenvalue weighted by atomic mass is 9.89. The zero-order chi connectivity index (χ0) is 46.1. The van der Waals surface area contributed by atoms with E-state index in [0.29, 0.717) is 12.8 Å². The third-order valence-corrected chi connectivity index (χ3v) is 17.1. The van der Waals surface area contributed by atoms with Gasteiger partial charge in [0.2, 0.25) is 20.0 Å². The van der Waals surface area contributed by atoms with Crippen LogP contribution in [0, 0.1) is 11.8 Å². The van der Waals surface area contributed by atoms with Gasteiger partial charge in [-0.2, -0.15) is 8.61 Å². The van der Waals surface area contributed by atoms with Gasteiger partial charge in [-0.15, -0.1) is 13.2 Å². The summed E-state index contributed by atoms with van der Waals surface area (Å²) in [5.41, 5.74) is 3.63. The monoisotopic (exact) mass is 890 g/mol. The van der Waals surface area contributed by atoms with Crippen LogP contribution in [-0.4, -0.2) is 63.4 Å². The molecule has 0 heterocycles. The van der Waals surface area contributed by atoms with Gasteiger partial charge in [0.05, 0.1) is 37.9 Å². The summed E-state index contributed by atoms with van der Waals surface area (Å²) < 4.78 is 77.9. The van der Waals surface area contributed by atoms with Crippen LogP contribution in [-0.2, 0) is 46.2 Å². The Balaban J connectivity index is 0.000000330. The first-order valence-corrected chi connectivity index (χ1v) is 24.0. The summed E-state index contributed by atoms with van der Waals surface area (Å²) in [4.78, 5) is 0. The number of methoxy groups -OCH3 is 4. The van der Waals surface area contributed by atoms with Gasteiger partial charge in [-0.25, -0.2) is 16.8 Å². The van der Waals surface area contributed by atoms with Crippen LogP contribution in [0.5, 0.6) is 23.0 Å². The van der Waals surface area contributed by atoms with Crippen LogP contribution in [0.1, 0.15) is 89.5 Å². The first kappa shape index (κ1) is 51.7. The second kappa shape index (κ2) is 23.7. The summed E-state index contributed by atoms with van der Waals surface area (Å²) >= 11 is 0. The Morgan fingerprint density at radius 1 is 0.468 bits per heavy atom. The summed E-state index contributed by atoms with van der Waals surface area (Å²) in [5.74, 6) is 2.92. The van der Waals surface area contributed by atoms with E-state index in [1.165, 1.54) is 0 Å². The summed E-state index contributed by atoms with van der Waals surface area (Å²) in [6.45, 7) is 20.2. The third-order valence-electron chi connectivity index (χ3n) is 11.9. The van der Waals surface area contributed by atoms with Gasteiger partial charge < -0.3 is 18.9 Å². The summed E-state index contributed by atoms with van der Waals surface area (Å²) in [6, 6.07) is 30.1. The van der Waals surface area contributed by atoms with Crippen molar-refractivity contribution in [2.75, 3.05) is 28.4 Å². The molecule has 0 aliphatic carbocycles. The van der Waals surface area contributed by atoms with Crippen LogP contribution >= 0.6 is 0 Å². The third kappa shape index (κ3) is 13.2. The summed E-state index contributed by atoms with van der Waals surface area (Å²) in [5, 5.41) is 0. The molecule has 0 aliphatic rings. The Hall–Kier alpha value is -4.62. The molecule has 0 radical (unpaired) electrons. The molecule has 0 saturated carbocycles. The van der Waals surface area contributed by atoms with E-state index in [9.17, 15) is 16.8 Å². The molecular formula is C50H70N2O8S2. The van der Waals surface area contributed by atoms with Gasteiger partial charge in [0.25, 0.3) is 0 Å². The molecule has 0 bridgehead atoms. The number of benzene rings is 4. The molecule has 4 aromatic rings. The van der Waals surface area contributed by atoms with Crippen LogP contribution in [0.25, 0.3) is 0 Å². The molecule has 0 aromatic heterocycles. The van der Waals surface area contributed by atoms with Crippen molar-refractivity contribution in [2.24, 2.45) is 11.8 Å². The Bertz CT molecular complexity index is 1930. The van der Waals surface area contributed by atoms with Crippen molar-refractivity contribution in [3.05, 3.63) is 145 Å². The van der Waals surface area contributed by atoms with Crippen molar-refractivity contribution in [2.45, 2.75) is 103 Å². The Labute approximate surface area is 373 Å². The summed E-state index contributed by atoms with van der Waals surface area (Å²) in [6.07, 6.45) is 6.45. The van der Waals surface area contributed by atoms with Crippen molar-refractivity contribution in [1.29, 1.82) is 0 Å². The average molecular weight is 891 g/mol. The molecule has 10 nitrogen and oxygen atoms in total. The van der Waals surface area contributed by atoms with Crippen molar-refractivity contribution >= 4 is 20.0 Å². The van der Waals surface area contributed by atoms with Crippen LogP contribution in [0.2, 0.25) is 0 Å². The lowest BCUT2D eigenvalue weighted by molar-refractivity contribution is 0.332. The molecule has 4 rings (SSSR count). The maximum absolute atomic E-state index is 13.9. The van der Waals surface area contributed by atoms with E-state index >= 15 is 0 Å². The van der Waals surface area contributed by atoms with Gasteiger partial charge in [0, 0.05) is 26.2 Å². The zero-order valence-corrected chi connectivity index (χ0v) is 40.2. The van der Waals surface area contributed by atoms with Gasteiger partial charge in [-0.1, -0.05) is 87.4 Å². The number of ether oxygens (including phenoxy) is 4. The molecule has 0 amide bonds. The number of hydrogen-bond acceptors (Lipinski definition) is 8. The smallest absolute Gasteiger partial charge is 0.220 e. The molecule has 0 N–H and O–H groups in total. The first-order valence-electron chi connectivity index (χ1n) is 21.1. The molecular weight excluding hydrogens is 821 g/mol. The van der Waals surface area contributed by atoms with Crippen LogP contribution in [0.4, 0.5) is 0 Å². The fourth-order valence-electron chi connectivity index (χ4n) is 7.56. The lowest BCUT2D eigenvalue weighted by Gasteiger charge is -2.37. The van der Waals surface area contributed by atoms with E-state index in [1.54, 1.807) is 37.0 Å². The molecule has 0 unspecified atom stereocenters. The van der Waals surface area contributed by atoms with Crippen molar-refractivity contribution < 1.29 is 35.8 Å². The number of nitrogens with zero attached hydrogens (tertiary/aromatic N) is 2. The van der Waals surface area contributed by atoms with Crippen LogP contribution in [0.15, 0.2) is 122 Å². The fraction of sp³-hybridized carbons (Fsp3) is 0.440. The Kier molecular flexibility index (Phi) is 19.8. The molecule has 0 aliphatic heterocycles. The minimum Gasteiger partial charge on any atom is -0.497 e. The predicted molar refractivity (Wildman–Crippen MR) is 254 cm³/mol. The fourth-order valence-corrected chi connectivity index (χ4v) is 11.5. The molecule has 2 atom stereocenters. The Morgan fingerprint density at radius 2 is 0.677 bits per heavy atom. The van der Waals surface area contributed by atoms with Gasteiger partial charge >= 0.3 is 0 Å². The van der Waals surface area contributed by atoms with Crippen molar-refractivity contribution in [3.8, 4) is 23.0 Å². The highest BCUT2D eigenvalue weighted by atomic mass is 32.2. The molecule has 340 valence electrons. The minimum absolute atomic E-state index is 0.0239. The highest BCUT2D eigenvalue weighted by molar-refractivity contribution is 7.90. The van der Waals surface area contributed by atoms with E-state index in [2.05, 4.69) is 13.2 Å². The standard InChI is InChI=1S/2C25H35NO4S/c2*1-7-9-22(8-2)25(3,4)31(27,28)26(18-20-10-14-23(29-5)15-11-20)19-21-12-16-24(30-6)17-13-21/h2*7,10-17,22H,1,8-9,18-19H2,2-6H3/t2*22-/m10/s1. The molecule has 0 saturated heterocycles. The average Bonchev–Trinajstić information content (AvgIpc) is 3.27. The lowest BCUT2D eigenvalue weighted by Crippen LogP contribution is -2.48. The van der Waals surface area contributed by atoms with E-state index < -0.39 is 29.5 Å². The second-order valence-corrected chi connectivity index (χ2v) is 21.4. The van der Waals surface area contributed by atoms with Crippen LogP contribution in [0.3, 0.4) is 0 Å². The molecule has 0 spiro atoms. The van der Waals surface area contributed by atoms with Crippen molar-refractivity contribution in [1.82, 2.24) is 8.61 Å². The number of allylic oxidation sites excluding steroid dienone is 2. The quantitative estimate of drug-likeness (QED) is 0.0640. The maximum Gasteiger partial charge on any atom is 0.220 e. The van der Waals surface area contributed by atoms with E-state index in [-0.39, 0.29) is 38.0 Å². The number of hydrogen-bond donors (Lipinski definition) is 0. The topological polar surface area (TPSA) is 112 Å². The molecule has 0 fully saturated rings. The SMILES string of the molecule is C=CC[C@@H](CC)C(C)(C)S(=O)(=O)N(Cc1ccc(OC)cc1)Cc1ccc(OC)cc1.C=CC[C@H](CC)C(C)(C)S(=O)(=O)N(Cc1ccc(OC)cc1)Cc1ccc(OC)cc1. The van der Waals surface area contributed by atoms with Gasteiger partial charge in [-0.05, 0) is 123 Å². The highest BCUT2D eigenvalue weighted by Gasteiger charge is 2.45. The molecule has 12 heteroatoms. The number of rotatable bonds is 24. The zero-order valence-electron chi connectivity index (χ0n) is 38.6. The normalized spacial score (nSPS) is 13.1. The van der Waals surface area contributed by atoms with E-state index in [0.717, 1.165) is 58.1 Å². The summed E-state index contributed by atoms with van der Waals surface area (Å²) in [7, 11) is -0.823. The van der Waals surface area contributed by atoms with Gasteiger partial charge in [-0.3, -0.25) is 0 Å². The van der Waals surface area contributed by atoms with E-state index in [4.69, 9.17) is 18.9 Å². The minimum atomic E-state index is -3.64. The van der Waals surface area contributed by atoms with Gasteiger partial charge in [0.15, 0.2) is 0 Å². The van der Waals surface area contributed by atoms with Crippen LogP contribution < -0.4 is 18.9 Å². The molecule has 4 aromatic carbocycles. The predicted octanol–water partition coefficient (Wildman–Crippen LogP) is 10.8. The maximum atomic E-state index is 13.9. The van der Waals surface area contributed by atoms with E-state index in [1.807, 2.05) is 151 Å². The second-order valence-electron chi connectivity index (χ2n) is 16.4. The van der Waals surface area contributed by atoms with Crippen molar-refractivity contribution in [3.63, 3.8) is 0 Å². The first-order chi connectivity index (χ1) is 29.4. The Morgan fingerprint density at radius 3 is 0.839 bits per heavy atom. The van der Waals surface area contributed by atoms with Gasteiger partial charge in [0.1, 0.15) is 23.0 Å². The molecule has 62 heavy (non-hydrogen) atoms. The highest BCUT2D eigenvalue weighted by Crippen LogP contribution is 2.37. The number of sulfonamides is 2.